The number of amides is 2. The summed E-state index contributed by atoms with van der Waals surface area (Å²) in [5.41, 5.74) is 2.49. The van der Waals surface area contributed by atoms with Crippen molar-refractivity contribution in [2.24, 2.45) is 0 Å². The molecule has 2 N–H and O–H groups in total. The van der Waals surface area contributed by atoms with Crippen LogP contribution in [0.25, 0.3) is 0 Å². The van der Waals surface area contributed by atoms with Crippen LogP contribution in [-0.2, 0) is 15.3 Å². The van der Waals surface area contributed by atoms with Gasteiger partial charge in [-0.1, -0.05) is 24.3 Å². The molecule has 1 heterocycles. The maximum Gasteiger partial charge on any atom is 0.266 e. The Morgan fingerprint density at radius 1 is 1.25 bits per heavy atom. The molecule has 0 aromatic heterocycles. The first kappa shape index (κ1) is 16.4. The van der Waals surface area contributed by atoms with Gasteiger partial charge in [-0.25, -0.2) is 0 Å². The van der Waals surface area contributed by atoms with E-state index in [1.807, 2.05) is 42.7 Å². The monoisotopic (exact) mass is 342 g/mol. The van der Waals surface area contributed by atoms with Crippen molar-refractivity contribution in [3.05, 3.63) is 54.1 Å². The van der Waals surface area contributed by atoms with Crippen LogP contribution in [0.4, 0.5) is 11.4 Å². The van der Waals surface area contributed by atoms with E-state index in [4.69, 9.17) is 4.74 Å². The summed E-state index contributed by atoms with van der Waals surface area (Å²) >= 11 is 1.72. The summed E-state index contributed by atoms with van der Waals surface area (Å²) in [5, 5.41) is 5.58. The van der Waals surface area contributed by atoms with Crippen molar-refractivity contribution in [1.29, 1.82) is 0 Å². The van der Waals surface area contributed by atoms with Crippen LogP contribution in [0.2, 0.25) is 0 Å². The molecule has 0 fully saturated rings. The lowest BCUT2D eigenvalue weighted by Crippen LogP contribution is -2.39. The van der Waals surface area contributed by atoms with Gasteiger partial charge in [0.2, 0.25) is 5.91 Å². The Bertz CT molecular complexity index is 763. The highest BCUT2D eigenvalue weighted by Crippen LogP contribution is 2.29. The second-order valence-electron chi connectivity index (χ2n) is 5.48. The fraction of sp³-hybridized carbons (Fsp3) is 0.222. The van der Waals surface area contributed by atoms with E-state index in [-0.39, 0.29) is 18.2 Å². The smallest absolute Gasteiger partial charge is 0.266 e. The zero-order valence-electron chi connectivity index (χ0n) is 13.2. The largest absolute Gasteiger partial charge is 0.478 e. The molecule has 0 spiro atoms. The second kappa shape index (κ2) is 7.40. The van der Waals surface area contributed by atoms with E-state index in [2.05, 4.69) is 10.6 Å². The Morgan fingerprint density at radius 2 is 2.08 bits per heavy atom. The number of anilines is 2. The van der Waals surface area contributed by atoms with E-state index >= 15 is 0 Å². The minimum absolute atomic E-state index is 0.0348. The van der Waals surface area contributed by atoms with Crippen LogP contribution >= 0.6 is 11.8 Å². The number of hydrogen-bond donors (Lipinski definition) is 2. The lowest BCUT2D eigenvalue weighted by molar-refractivity contribution is -0.128. The molecule has 2 aromatic rings. The van der Waals surface area contributed by atoms with Gasteiger partial charge >= 0.3 is 0 Å². The molecule has 2 aromatic carbocycles. The second-order valence-corrected chi connectivity index (χ2v) is 6.34. The summed E-state index contributed by atoms with van der Waals surface area (Å²) in [6.07, 6.45) is 1.17. The summed E-state index contributed by atoms with van der Waals surface area (Å²) in [6, 6.07) is 14.9. The molecule has 0 radical (unpaired) electrons. The zero-order valence-corrected chi connectivity index (χ0v) is 14.1. The SMILES string of the molecule is CSCc1cccc(NC(=O)CC2Oc3ccccc3NC2=O)c1. The molecule has 1 unspecified atom stereocenters. The van der Waals surface area contributed by atoms with Gasteiger partial charge in [0.05, 0.1) is 12.1 Å². The molecule has 6 heteroatoms. The Balaban J connectivity index is 1.63. The number of para-hydroxylation sites is 2. The first-order valence-electron chi connectivity index (χ1n) is 7.60. The average molecular weight is 342 g/mol. The lowest BCUT2D eigenvalue weighted by atomic mass is 10.1. The van der Waals surface area contributed by atoms with Crippen molar-refractivity contribution >= 4 is 35.0 Å². The summed E-state index contributed by atoms with van der Waals surface area (Å²) in [4.78, 5) is 24.3. The van der Waals surface area contributed by atoms with Crippen LogP contribution in [0.3, 0.4) is 0 Å². The highest BCUT2D eigenvalue weighted by atomic mass is 32.2. The minimum atomic E-state index is -0.825. The van der Waals surface area contributed by atoms with Crippen molar-refractivity contribution in [2.75, 3.05) is 16.9 Å². The minimum Gasteiger partial charge on any atom is -0.478 e. The molecule has 0 saturated carbocycles. The fourth-order valence-electron chi connectivity index (χ4n) is 2.51. The molecule has 3 rings (SSSR count). The van der Waals surface area contributed by atoms with Gasteiger partial charge in [0.25, 0.3) is 5.91 Å². The molecule has 1 aliphatic heterocycles. The van der Waals surface area contributed by atoms with Gasteiger partial charge in [-0.2, -0.15) is 11.8 Å². The first-order chi connectivity index (χ1) is 11.7. The number of thioether (sulfide) groups is 1. The molecule has 24 heavy (non-hydrogen) atoms. The number of hydrogen-bond acceptors (Lipinski definition) is 4. The Labute approximate surface area is 144 Å². The molecular formula is C18H18N2O3S. The normalized spacial score (nSPS) is 15.9. The van der Waals surface area contributed by atoms with Gasteiger partial charge in [-0.15, -0.1) is 0 Å². The van der Waals surface area contributed by atoms with E-state index in [1.54, 1.807) is 23.9 Å². The Morgan fingerprint density at radius 3 is 2.92 bits per heavy atom. The van der Waals surface area contributed by atoms with E-state index in [9.17, 15) is 9.59 Å². The van der Waals surface area contributed by atoms with Gasteiger partial charge in [-0.3, -0.25) is 9.59 Å². The third kappa shape index (κ3) is 3.89. The predicted octanol–water partition coefficient (Wildman–Crippen LogP) is 3.28. The molecule has 0 saturated heterocycles. The van der Waals surface area contributed by atoms with Crippen LogP contribution in [0, 0.1) is 0 Å². The fourth-order valence-corrected chi connectivity index (χ4v) is 3.03. The topological polar surface area (TPSA) is 67.4 Å². The zero-order chi connectivity index (χ0) is 16.9. The Kier molecular flexibility index (Phi) is 5.05. The summed E-state index contributed by atoms with van der Waals surface area (Å²) in [6.45, 7) is 0. The molecule has 124 valence electrons. The molecule has 5 nitrogen and oxygen atoms in total. The van der Waals surface area contributed by atoms with Crippen molar-refractivity contribution in [3.8, 4) is 5.75 Å². The van der Waals surface area contributed by atoms with Gasteiger partial charge in [-0.05, 0) is 36.1 Å². The first-order valence-corrected chi connectivity index (χ1v) is 8.99. The molecule has 0 bridgehead atoms. The summed E-state index contributed by atoms with van der Waals surface area (Å²) < 4.78 is 5.64. The number of fused-ring (bicyclic) bond motifs is 1. The van der Waals surface area contributed by atoms with E-state index in [0.29, 0.717) is 11.4 Å². The van der Waals surface area contributed by atoms with Crippen LogP contribution < -0.4 is 15.4 Å². The van der Waals surface area contributed by atoms with Crippen LogP contribution in [0.15, 0.2) is 48.5 Å². The van der Waals surface area contributed by atoms with Crippen LogP contribution in [0.1, 0.15) is 12.0 Å². The molecule has 0 aliphatic carbocycles. The van der Waals surface area contributed by atoms with Gasteiger partial charge in [0.15, 0.2) is 6.10 Å². The summed E-state index contributed by atoms with van der Waals surface area (Å²) in [7, 11) is 0. The van der Waals surface area contributed by atoms with Crippen molar-refractivity contribution in [3.63, 3.8) is 0 Å². The summed E-state index contributed by atoms with van der Waals surface area (Å²) in [5.74, 6) is 0.905. The van der Waals surface area contributed by atoms with Gasteiger partial charge < -0.3 is 15.4 Å². The predicted molar refractivity (Wildman–Crippen MR) is 96.4 cm³/mol. The number of nitrogens with one attached hydrogen (secondary N) is 2. The number of carbonyl (C=O) groups is 2. The van der Waals surface area contributed by atoms with Gasteiger partial charge in [0, 0.05) is 11.4 Å². The maximum absolute atomic E-state index is 12.2. The number of rotatable bonds is 5. The average Bonchev–Trinajstić information content (AvgIpc) is 2.56. The molecular weight excluding hydrogens is 324 g/mol. The lowest BCUT2D eigenvalue weighted by Gasteiger charge is -2.25. The number of carbonyl (C=O) groups excluding carboxylic acids is 2. The van der Waals surface area contributed by atoms with Gasteiger partial charge in [0.1, 0.15) is 5.75 Å². The highest BCUT2D eigenvalue weighted by Gasteiger charge is 2.29. The van der Waals surface area contributed by atoms with Crippen LogP contribution in [-0.4, -0.2) is 24.2 Å². The Hall–Kier alpha value is -2.47. The number of ether oxygens (including phenoxy) is 1. The van der Waals surface area contributed by atoms with Crippen molar-refractivity contribution in [2.45, 2.75) is 18.3 Å². The van der Waals surface area contributed by atoms with E-state index in [1.165, 1.54) is 0 Å². The van der Waals surface area contributed by atoms with Crippen LogP contribution in [0.5, 0.6) is 5.75 Å². The number of benzene rings is 2. The van der Waals surface area contributed by atoms with Crippen molar-refractivity contribution in [1.82, 2.24) is 0 Å². The standard InChI is InChI=1S/C18H18N2O3S/c1-24-11-12-5-4-6-13(9-12)19-17(21)10-16-18(22)20-14-7-2-3-8-15(14)23-16/h2-9,16H,10-11H2,1H3,(H,19,21)(H,20,22). The third-order valence-electron chi connectivity index (χ3n) is 3.60. The molecule has 2 amide bonds. The highest BCUT2D eigenvalue weighted by molar-refractivity contribution is 7.97. The van der Waals surface area contributed by atoms with Crippen molar-refractivity contribution < 1.29 is 14.3 Å². The molecule has 1 aliphatic rings. The quantitative estimate of drug-likeness (QED) is 0.875. The third-order valence-corrected chi connectivity index (χ3v) is 4.22. The maximum atomic E-state index is 12.2. The van der Waals surface area contributed by atoms with E-state index < -0.39 is 6.10 Å². The van der Waals surface area contributed by atoms with E-state index in [0.717, 1.165) is 17.0 Å². The molecule has 1 atom stereocenters.